The molecule has 0 spiro atoms. The molecule has 0 atom stereocenters. The van der Waals surface area contributed by atoms with Gasteiger partial charge in [-0.25, -0.2) is 0 Å². The number of aromatic nitrogens is 1. The van der Waals surface area contributed by atoms with E-state index in [1.54, 1.807) is 6.20 Å². The molecule has 0 amide bonds. The zero-order valence-electron chi connectivity index (χ0n) is 8.13. The summed E-state index contributed by atoms with van der Waals surface area (Å²) in [5, 5.41) is 9.15. The standard InChI is InChI=1S/C12H11NO.ClH/c14-9-10-5-1-2-6-11(10)12-7-3-4-8-13-12;/h1-8,14H,9H2;1H. The Hall–Kier alpha value is -1.38. The van der Waals surface area contributed by atoms with Crippen molar-refractivity contribution in [2.45, 2.75) is 6.61 Å². The summed E-state index contributed by atoms with van der Waals surface area (Å²) in [6.07, 6.45) is 1.75. The Morgan fingerprint density at radius 3 is 2.40 bits per heavy atom. The van der Waals surface area contributed by atoms with Crippen molar-refractivity contribution in [1.29, 1.82) is 0 Å². The number of hydrogen-bond donors (Lipinski definition) is 1. The van der Waals surface area contributed by atoms with Crippen LogP contribution in [0, 0.1) is 0 Å². The van der Waals surface area contributed by atoms with Gasteiger partial charge in [-0.15, -0.1) is 12.4 Å². The maximum Gasteiger partial charge on any atom is 0.0705 e. The number of aliphatic hydroxyl groups is 1. The number of nitrogens with zero attached hydrogens (tertiary/aromatic N) is 1. The van der Waals surface area contributed by atoms with Crippen molar-refractivity contribution in [3.8, 4) is 11.3 Å². The molecule has 0 aliphatic carbocycles. The van der Waals surface area contributed by atoms with Crippen molar-refractivity contribution >= 4 is 12.4 Å². The minimum atomic E-state index is 0. The minimum Gasteiger partial charge on any atom is -0.392 e. The van der Waals surface area contributed by atoms with Gasteiger partial charge in [-0.1, -0.05) is 30.3 Å². The fraction of sp³-hybridized carbons (Fsp3) is 0.0833. The summed E-state index contributed by atoms with van der Waals surface area (Å²) >= 11 is 0. The van der Waals surface area contributed by atoms with E-state index < -0.39 is 0 Å². The number of pyridine rings is 1. The highest BCUT2D eigenvalue weighted by Crippen LogP contribution is 2.20. The first kappa shape index (κ1) is 11.7. The van der Waals surface area contributed by atoms with Gasteiger partial charge in [-0.05, 0) is 17.7 Å². The average Bonchev–Trinajstić information content (AvgIpc) is 2.30. The van der Waals surface area contributed by atoms with Crippen molar-refractivity contribution in [3.05, 3.63) is 54.2 Å². The third kappa shape index (κ3) is 2.55. The Morgan fingerprint density at radius 1 is 1.00 bits per heavy atom. The Balaban J connectivity index is 0.00000112. The van der Waals surface area contributed by atoms with Gasteiger partial charge in [0.1, 0.15) is 0 Å². The van der Waals surface area contributed by atoms with Crippen LogP contribution in [0.15, 0.2) is 48.7 Å². The molecule has 0 fully saturated rings. The molecule has 0 saturated heterocycles. The van der Waals surface area contributed by atoms with E-state index in [4.69, 9.17) is 5.11 Å². The molecular formula is C12H12ClNO. The highest BCUT2D eigenvalue weighted by molar-refractivity contribution is 5.85. The van der Waals surface area contributed by atoms with Crippen molar-refractivity contribution in [2.75, 3.05) is 0 Å². The molecule has 3 heteroatoms. The van der Waals surface area contributed by atoms with E-state index in [2.05, 4.69) is 4.98 Å². The molecule has 1 aromatic heterocycles. The zero-order chi connectivity index (χ0) is 9.80. The SMILES string of the molecule is Cl.OCc1ccccc1-c1ccccn1. The third-order valence-corrected chi connectivity index (χ3v) is 2.13. The normalized spacial score (nSPS) is 9.40. The van der Waals surface area contributed by atoms with Gasteiger partial charge in [0.15, 0.2) is 0 Å². The largest absolute Gasteiger partial charge is 0.392 e. The van der Waals surface area contributed by atoms with Crippen molar-refractivity contribution in [1.82, 2.24) is 4.98 Å². The summed E-state index contributed by atoms with van der Waals surface area (Å²) in [6, 6.07) is 13.5. The molecule has 0 aliphatic rings. The topological polar surface area (TPSA) is 33.1 Å². The lowest BCUT2D eigenvalue weighted by Crippen LogP contribution is -1.90. The van der Waals surface area contributed by atoms with E-state index in [9.17, 15) is 0 Å². The van der Waals surface area contributed by atoms with E-state index in [0.717, 1.165) is 16.8 Å². The lowest BCUT2D eigenvalue weighted by Gasteiger charge is -2.05. The molecule has 15 heavy (non-hydrogen) atoms. The van der Waals surface area contributed by atoms with Gasteiger partial charge in [0.25, 0.3) is 0 Å². The maximum absolute atomic E-state index is 9.15. The van der Waals surface area contributed by atoms with Crippen LogP contribution < -0.4 is 0 Å². The molecule has 78 valence electrons. The van der Waals surface area contributed by atoms with Crippen LogP contribution in [0.2, 0.25) is 0 Å². The van der Waals surface area contributed by atoms with Crippen molar-refractivity contribution < 1.29 is 5.11 Å². The van der Waals surface area contributed by atoms with Crippen LogP contribution in [-0.4, -0.2) is 10.1 Å². The summed E-state index contributed by atoms with van der Waals surface area (Å²) < 4.78 is 0. The van der Waals surface area contributed by atoms with Crippen molar-refractivity contribution in [2.24, 2.45) is 0 Å². The second-order valence-corrected chi connectivity index (χ2v) is 3.03. The fourth-order valence-corrected chi connectivity index (χ4v) is 1.43. The first-order valence-electron chi connectivity index (χ1n) is 4.52. The van der Waals surface area contributed by atoms with Crippen LogP contribution in [0.4, 0.5) is 0 Å². The molecule has 1 heterocycles. The predicted molar refractivity (Wildman–Crippen MR) is 62.8 cm³/mol. The van der Waals surface area contributed by atoms with Gasteiger partial charge in [-0.3, -0.25) is 4.98 Å². The molecule has 0 unspecified atom stereocenters. The molecule has 0 aliphatic heterocycles. The van der Waals surface area contributed by atoms with Gasteiger partial charge in [0.05, 0.1) is 12.3 Å². The van der Waals surface area contributed by atoms with Gasteiger partial charge in [0.2, 0.25) is 0 Å². The highest BCUT2D eigenvalue weighted by Gasteiger charge is 2.02. The summed E-state index contributed by atoms with van der Waals surface area (Å²) in [4.78, 5) is 4.25. The lowest BCUT2D eigenvalue weighted by molar-refractivity contribution is 0.282. The molecule has 0 saturated carbocycles. The summed E-state index contributed by atoms with van der Waals surface area (Å²) in [5.74, 6) is 0. The Kier molecular flexibility index (Phi) is 4.28. The van der Waals surface area contributed by atoms with E-state index in [1.165, 1.54) is 0 Å². The number of hydrogen-bond acceptors (Lipinski definition) is 2. The first-order valence-corrected chi connectivity index (χ1v) is 4.52. The summed E-state index contributed by atoms with van der Waals surface area (Å²) in [7, 11) is 0. The van der Waals surface area contributed by atoms with Crippen LogP contribution in [0.1, 0.15) is 5.56 Å². The minimum absolute atomic E-state index is 0. The summed E-state index contributed by atoms with van der Waals surface area (Å²) in [6.45, 7) is 0.0484. The number of benzene rings is 1. The van der Waals surface area contributed by atoms with E-state index >= 15 is 0 Å². The van der Waals surface area contributed by atoms with Gasteiger partial charge >= 0.3 is 0 Å². The second-order valence-electron chi connectivity index (χ2n) is 3.03. The molecule has 0 bridgehead atoms. The highest BCUT2D eigenvalue weighted by atomic mass is 35.5. The van der Waals surface area contributed by atoms with Crippen LogP contribution in [0.3, 0.4) is 0 Å². The average molecular weight is 222 g/mol. The Bertz CT molecular complexity index is 417. The van der Waals surface area contributed by atoms with Gasteiger partial charge < -0.3 is 5.11 Å². The van der Waals surface area contributed by atoms with Gasteiger partial charge in [0, 0.05) is 11.8 Å². The Labute approximate surface area is 95.0 Å². The molecule has 0 radical (unpaired) electrons. The van der Waals surface area contributed by atoms with Crippen LogP contribution in [0.5, 0.6) is 0 Å². The second kappa shape index (κ2) is 5.49. The third-order valence-electron chi connectivity index (χ3n) is 2.13. The number of halogens is 1. The molecule has 2 rings (SSSR count). The van der Waals surface area contributed by atoms with Gasteiger partial charge in [-0.2, -0.15) is 0 Å². The predicted octanol–water partition coefficient (Wildman–Crippen LogP) is 2.66. The van der Waals surface area contributed by atoms with Crippen LogP contribution in [0.25, 0.3) is 11.3 Å². The van der Waals surface area contributed by atoms with Crippen molar-refractivity contribution in [3.63, 3.8) is 0 Å². The molecular weight excluding hydrogens is 210 g/mol. The van der Waals surface area contributed by atoms with E-state index in [0.29, 0.717) is 0 Å². The molecule has 1 N–H and O–H groups in total. The quantitative estimate of drug-likeness (QED) is 0.846. The zero-order valence-corrected chi connectivity index (χ0v) is 8.95. The first-order chi connectivity index (χ1) is 6.92. The monoisotopic (exact) mass is 221 g/mol. The van der Waals surface area contributed by atoms with Crippen LogP contribution in [-0.2, 0) is 6.61 Å². The molecule has 2 nitrogen and oxygen atoms in total. The van der Waals surface area contributed by atoms with Crippen LogP contribution >= 0.6 is 12.4 Å². The van der Waals surface area contributed by atoms with E-state index in [-0.39, 0.29) is 19.0 Å². The summed E-state index contributed by atoms with van der Waals surface area (Å²) in [5.41, 5.74) is 2.80. The molecule has 1 aromatic carbocycles. The number of rotatable bonds is 2. The van der Waals surface area contributed by atoms with E-state index in [1.807, 2.05) is 42.5 Å². The molecule has 2 aromatic rings. The number of aliphatic hydroxyl groups excluding tert-OH is 1. The Morgan fingerprint density at radius 2 is 1.73 bits per heavy atom. The fourth-order valence-electron chi connectivity index (χ4n) is 1.43. The smallest absolute Gasteiger partial charge is 0.0705 e. The lowest BCUT2D eigenvalue weighted by atomic mass is 10.0. The maximum atomic E-state index is 9.15.